The third-order valence-electron chi connectivity index (χ3n) is 4.71. The van der Waals surface area contributed by atoms with Crippen LogP contribution in [0.25, 0.3) is 0 Å². The number of carbonyl (C=O) groups is 1. The molecule has 4 nitrogen and oxygen atoms in total. The number of benzene rings is 2. The minimum atomic E-state index is -0.622. The van der Waals surface area contributed by atoms with Gasteiger partial charge in [-0.05, 0) is 42.7 Å². The van der Waals surface area contributed by atoms with Crippen LogP contribution in [0.4, 0.5) is 8.78 Å². The number of hydrogen-bond acceptors (Lipinski definition) is 2. The van der Waals surface area contributed by atoms with Crippen molar-refractivity contribution in [2.75, 3.05) is 0 Å². The fourth-order valence-electron chi connectivity index (χ4n) is 3.09. The average Bonchev–Trinajstić information content (AvgIpc) is 3.37. The predicted octanol–water partition coefficient (Wildman–Crippen LogP) is 4.01. The molecular weight excluding hydrogens is 348 g/mol. The molecule has 0 bridgehead atoms. The Balaban J connectivity index is 1.50. The van der Waals surface area contributed by atoms with Gasteiger partial charge in [-0.25, -0.2) is 8.78 Å². The summed E-state index contributed by atoms with van der Waals surface area (Å²) < 4.78 is 28.9. The third-order valence-corrected chi connectivity index (χ3v) is 4.71. The van der Waals surface area contributed by atoms with Crippen LogP contribution in [0.1, 0.15) is 34.3 Å². The molecule has 3 aromatic rings. The summed E-state index contributed by atoms with van der Waals surface area (Å²) in [4.78, 5) is 14.6. The summed E-state index contributed by atoms with van der Waals surface area (Å²) in [6.07, 6.45) is 5.42. The molecule has 4 rings (SSSR count). The monoisotopic (exact) mass is 367 g/mol. The van der Waals surface area contributed by atoms with E-state index in [1.807, 2.05) is 29.1 Å². The standard InChI is InChI=1S/C21H19F2N3O/c22-18-7-6-17(20(23)12-18)14-26(19-8-9-19)21(27)16-4-2-15(3-5-16)13-25-11-1-10-24-25/h1-7,10-12,19H,8-9,13-14H2. The molecule has 0 atom stereocenters. The highest BCUT2D eigenvalue weighted by atomic mass is 19.1. The smallest absolute Gasteiger partial charge is 0.254 e. The fourth-order valence-corrected chi connectivity index (χ4v) is 3.09. The largest absolute Gasteiger partial charge is 0.331 e. The van der Waals surface area contributed by atoms with Crippen LogP contribution in [-0.2, 0) is 13.1 Å². The van der Waals surface area contributed by atoms with E-state index in [4.69, 9.17) is 0 Å². The lowest BCUT2D eigenvalue weighted by atomic mass is 10.1. The van der Waals surface area contributed by atoms with Crippen molar-refractivity contribution in [3.05, 3.63) is 89.2 Å². The Morgan fingerprint density at radius 3 is 2.56 bits per heavy atom. The highest BCUT2D eigenvalue weighted by Gasteiger charge is 2.33. The van der Waals surface area contributed by atoms with E-state index in [0.717, 1.165) is 24.5 Å². The van der Waals surface area contributed by atoms with Gasteiger partial charge < -0.3 is 4.90 Å². The number of halogens is 2. The third kappa shape index (κ3) is 4.05. The van der Waals surface area contributed by atoms with E-state index >= 15 is 0 Å². The second-order valence-corrected chi connectivity index (χ2v) is 6.80. The maximum absolute atomic E-state index is 14.0. The van der Waals surface area contributed by atoms with Gasteiger partial charge in [0.1, 0.15) is 11.6 Å². The molecule has 1 fully saturated rings. The second kappa shape index (κ2) is 7.31. The van der Waals surface area contributed by atoms with Crippen molar-refractivity contribution >= 4 is 5.91 Å². The Labute approximate surface area is 156 Å². The second-order valence-electron chi connectivity index (χ2n) is 6.80. The molecule has 138 valence electrons. The summed E-state index contributed by atoms with van der Waals surface area (Å²) in [6, 6.07) is 12.8. The topological polar surface area (TPSA) is 38.1 Å². The molecule has 0 spiro atoms. The fraction of sp³-hybridized carbons (Fsp3) is 0.238. The zero-order chi connectivity index (χ0) is 18.8. The number of carbonyl (C=O) groups excluding carboxylic acids is 1. The van der Waals surface area contributed by atoms with Crippen molar-refractivity contribution in [2.45, 2.75) is 32.0 Å². The van der Waals surface area contributed by atoms with Crippen LogP contribution >= 0.6 is 0 Å². The molecule has 0 N–H and O–H groups in total. The molecule has 6 heteroatoms. The summed E-state index contributed by atoms with van der Waals surface area (Å²) in [5.41, 5.74) is 1.93. The highest BCUT2D eigenvalue weighted by Crippen LogP contribution is 2.30. The lowest BCUT2D eigenvalue weighted by Gasteiger charge is -2.23. The highest BCUT2D eigenvalue weighted by molar-refractivity contribution is 5.94. The first-order valence-corrected chi connectivity index (χ1v) is 8.91. The Morgan fingerprint density at radius 1 is 1.15 bits per heavy atom. The summed E-state index contributed by atoms with van der Waals surface area (Å²) in [5, 5.41) is 4.17. The average molecular weight is 367 g/mol. The van der Waals surface area contributed by atoms with Gasteiger partial charge >= 0.3 is 0 Å². The maximum Gasteiger partial charge on any atom is 0.254 e. The van der Waals surface area contributed by atoms with Crippen molar-refractivity contribution in [3.63, 3.8) is 0 Å². The number of nitrogens with zero attached hydrogens (tertiary/aromatic N) is 3. The number of aromatic nitrogens is 2. The van der Waals surface area contributed by atoms with Crippen LogP contribution in [0.5, 0.6) is 0 Å². The minimum absolute atomic E-state index is 0.116. The molecule has 1 aliphatic rings. The van der Waals surface area contributed by atoms with E-state index in [-0.39, 0.29) is 18.5 Å². The van der Waals surface area contributed by atoms with E-state index in [2.05, 4.69) is 5.10 Å². The number of hydrogen-bond donors (Lipinski definition) is 0. The van der Waals surface area contributed by atoms with Gasteiger partial charge in [-0.15, -0.1) is 0 Å². The SMILES string of the molecule is O=C(c1ccc(Cn2cccn2)cc1)N(Cc1ccc(F)cc1F)C1CC1. The van der Waals surface area contributed by atoms with Gasteiger partial charge in [0.15, 0.2) is 0 Å². The first-order valence-electron chi connectivity index (χ1n) is 8.91. The van der Waals surface area contributed by atoms with Crippen LogP contribution in [0.2, 0.25) is 0 Å². The van der Waals surface area contributed by atoms with Crippen molar-refractivity contribution in [3.8, 4) is 0 Å². The molecular formula is C21H19F2N3O. The molecule has 0 saturated heterocycles. The van der Waals surface area contributed by atoms with Gasteiger partial charge in [0.05, 0.1) is 6.54 Å². The number of rotatable bonds is 6. The van der Waals surface area contributed by atoms with Crippen molar-refractivity contribution in [2.24, 2.45) is 0 Å². The molecule has 27 heavy (non-hydrogen) atoms. The predicted molar refractivity (Wildman–Crippen MR) is 97.0 cm³/mol. The van der Waals surface area contributed by atoms with Crippen molar-refractivity contribution < 1.29 is 13.6 Å². The van der Waals surface area contributed by atoms with Crippen molar-refractivity contribution in [1.29, 1.82) is 0 Å². The Bertz CT molecular complexity index is 935. The lowest BCUT2D eigenvalue weighted by molar-refractivity contribution is 0.0728. The summed E-state index contributed by atoms with van der Waals surface area (Å²) >= 11 is 0. The van der Waals surface area contributed by atoms with Gasteiger partial charge in [-0.3, -0.25) is 9.48 Å². The zero-order valence-corrected chi connectivity index (χ0v) is 14.7. The van der Waals surface area contributed by atoms with E-state index in [9.17, 15) is 13.6 Å². The van der Waals surface area contributed by atoms with Crippen molar-refractivity contribution in [1.82, 2.24) is 14.7 Å². The van der Waals surface area contributed by atoms with E-state index in [0.29, 0.717) is 17.7 Å². The van der Waals surface area contributed by atoms with Gasteiger partial charge in [0.25, 0.3) is 5.91 Å². The first-order chi connectivity index (χ1) is 13.1. The molecule has 1 aromatic heterocycles. The van der Waals surface area contributed by atoms with Crippen LogP contribution in [0, 0.1) is 11.6 Å². The zero-order valence-electron chi connectivity index (χ0n) is 14.7. The van der Waals surface area contributed by atoms with E-state index < -0.39 is 11.6 Å². The lowest BCUT2D eigenvalue weighted by Crippen LogP contribution is -2.33. The maximum atomic E-state index is 14.0. The Hall–Kier alpha value is -3.02. The van der Waals surface area contributed by atoms with E-state index in [1.165, 1.54) is 12.1 Å². The number of amides is 1. The molecule has 1 aliphatic carbocycles. The molecule has 2 aromatic carbocycles. The molecule has 1 amide bonds. The van der Waals surface area contributed by atoms with Gasteiger partial charge in [0.2, 0.25) is 0 Å². The summed E-state index contributed by atoms with van der Waals surface area (Å²) in [6.45, 7) is 0.777. The molecule has 0 radical (unpaired) electrons. The first kappa shape index (κ1) is 17.4. The minimum Gasteiger partial charge on any atom is -0.331 e. The quantitative estimate of drug-likeness (QED) is 0.660. The Morgan fingerprint density at radius 2 is 1.93 bits per heavy atom. The van der Waals surface area contributed by atoms with Gasteiger partial charge in [0, 0.05) is 42.2 Å². The molecule has 0 unspecified atom stereocenters. The van der Waals surface area contributed by atoms with Gasteiger partial charge in [-0.2, -0.15) is 5.10 Å². The molecule has 1 heterocycles. The van der Waals surface area contributed by atoms with E-state index in [1.54, 1.807) is 23.2 Å². The van der Waals surface area contributed by atoms with Crippen LogP contribution < -0.4 is 0 Å². The molecule has 0 aliphatic heterocycles. The molecule has 1 saturated carbocycles. The van der Waals surface area contributed by atoms with Crippen LogP contribution in [-0.4, -0.2) is 26.6 Å². The summed E-state index contributed by atoms with van der Waals surface area (Å²) in [7, 11) is 0. The van der Waals surface area contributed by atoms with Crippen LogP contribution in [0.15, 0.2) is 60.9 Å². The van der Waals surface area contributed by atoms with Gasteiger partial charge in [-0.1, -0.05) is 18.2 Å². The normalized spacial score (nSPS) is 13.6. The summed E-state index contributed by atoms with van der Waals surface area (Å²) in [5.74, 6) is -1.37. The van der Waals surface area contributed by atoms with Crippen LogP contribution in [0.3, 0.4) is 0 Å². The Kier molecular flexibility index (Phi) is 4.71.